The summed E-state index contributed by atoms with van der Waals surface area (Å²) in [6, 6.07) is 0.425. The summed E-state index contributed by atoms with van der Waals surface area (Å²) in [5.41, 5.74) is 0.258. The molecule has 0 aliphatic carbocycles. The van der Waals surface area contributed by atoms with E-state index in [1.807, 2.05) is 0 Å². The first-order valence-electron chi connectivity index (χ1n) is 6.88. The number of amides is 1. The molecule has 2 rings (SSSR count). The minimum absolute atomic E-state index is 0.129. The van der Waals surface area contributed by atoms with E-state index in [1.165, 1.54) is 6.42 Å². The topological polar surface area (TPSA) is 32.3 Å². The van der Waals surface area contributed by atoms with Gasteiger partial charge in [-0.15, -0.1) is 0 Å². The van der Waals surface area contributed by atoms with Crippen molar-refractivity contribution in [2.75, 3.05) is 6.54 Å². The zero-order valence-corrected chi connectivity index (χ0v) is 11.7. The van der Waals surface area contributed by atoms with Crippen molar-refractivity contribution in [2.45, 2.75) is 76.9 Å². The molecule has 0 aromatic carbocycles. The van der Waals surface area contributed by atoms with E-state index in [1.54, 1.807) is 0 Å². The Morgan fingerprint density at radius 3 is 2.24 bits per heavy atom. The quantitative estimate of drug-likeness (QED) is 0.760. The minimum atomic E-state index is 0.129. The standard InChI is InChI=1S/C14H26N2O/c1-13(2)9-11(10-14(3,4)15-13)16-8-6-5-7-12(16)17/h11,15H,5-10H2,1-4H3. The van der Waals surface area contributed by atoms with Gasteiger partial charge in [0.1, 0.15) is 0 Å². The van der Waals surface area contributed by atoms with Gasteiger partial charge in [0, 0.05) is 30.1 Å². The molecular weight excluding hydrogens is 212 g/mol. The van der Waals surface area contributed by atoms with Gasteiger partial charge in [-0.05, 0) is 53.4 Å². The van der Waals surface area contributed by atoms with Crippen molar-refractivity contribution < 1.29 is 4.79 Å². The first kappa shape index (κ1) is 12.9. The van der Waals surface area contributed by atoms with Crippen LogP contribution in [0.3, 0.4) is 0 Å². The van der Waals surface area contributed by atoms with E-state index in [0.717, 1.165) is 32.2 Å². The highest BCUT2D eigenvalue weighted by Gasteiger charge is 2.41. The second-order valence-electron chi connectivity index (χ2n) is 7.00. The van der Waals surface area contributed by atoms with E-state index < -0.39 is 0 Å². The Kier molecular flexibility index (Phi) is 3.23. The highest BCUT2D eigenvalue weighted by atomic mass is 16.2. The highest BCUT2D eigenvalue weighted by molar-refractivity contribution is 5.77. The maximum atomic E-state index is 12.0. The fraction of sp³-hybridized carbons (Fsp3) is 0.929. The van der Waals surface area contributed by atoms with Crippen LogP contribution in [-0.2, 0) is 4.79 Å². The third kappa shape index (κ3) is 3.01. The lowest BCUT2D eigenvalue weighted by Crippen LogP contribution is -2.63. The third-order valence-corrected chi connectivity index (χ3v) is 3.97. The predicted molar refractivity (Wildman–Crippen MR) is 69.9 cm³/mol. The number of piperidine rings is 2. The Bertz CT molecular complexity index is 293. The van der Waals surface area contributed by atoms with Gasteiger partial charge in [0.25, 0.3) is 0 Å². The Morgan fingerprint density at radius 2 is 1.71 bits per heavy atom. The van der Waals surface area contributed by atoms with E-state index in [0.29, 0.717) is 11.9 Å². The maximum Gasteiger partial charge on any atom is 0.222 e. The van der Waals surface area contributed by atoms with Crippen LogP contribution in [0.5, 0.6) is 0 Å². The number of nitrogens with zero attached hydrogens (tertiary/aromatic N) is 1. The molecule has 0 unspecified atom stereocenters. The Morgan fingerprint density at radius 1 is 1.12 bits per heavy atom. The molecule has 98 valence electrons. The molecule has 2 saturated heterocycles. The van der Waals surface area contributed by atoms with Gasteiger partial charge in [-0.25, -0.2) is 0 Å². The molecular formula is C14H26N2O. The fourth-order valence-electron chi connectivity index (χ4n) is 3.70. The molecule has 3 heteroatoms. The molecule has 0 saturated carbocycles. The van der Waals surface area contributed by atoms with Gasteiger partial charge in [-0.2, -0.15) is 0 Å². The molecule has 0 radical (unpaired) electrons. The number of hydrogen-bond donors (Lipinski definition) is 1. The largest absolute Gasteiger partial charge is 0.340 e. The Balaban J connectivity index is 2.12. The minimum Gasteiger partial charge on any atom is -0.340 e. The molecule has 3 nitrogen and oxygen atoms in total. The lowest BCUT2D eigenvalue weighted by Gasteiger charge is -2.50. The fourth-order valence-corrected chi connectivity index (χ4v) is 3.70. The van der Waals surface area contributed by atoms with Crippen LogP contribution in [-0.4, -0.2) is 34.5 Å². The summed E-state index contributed by atoms with van der Waals surface area (Å²) < 4.78 is 0. The van der Waals surface area contributed by atoms with Crippen molar-refractivity contribution in [2.24, 2.45) is 0 Å². The number of likely N-dealkylation sites (tertiary alicyclic amines) is 1. The lowest BCUT2D eigenvalue weighted by molar-refractivity contribution is -0.137. The Hall–Kier alpha value is -0.570. The van der Waals surface area contributed by atoms with Gasteiger partial charge in [0.2, 0.25) is 5.91 Å². The summed E-state index contributed by atoms with van der Waals surface area (Å²) in [4.78, 5) is 14.2. The molecule has 2 fully saturated rings. The van der Waals surface area contributed by atoms with Crippen molar-refractivity contribution in [3.63, 3.8) is 0 Å². The van der Waals surface area contributed by atoms with Gasteiger partial charge >= 0.3 is 0 Å². The maximum absolute atomic E-state index is 12.0. The molecule has 0 bridgehead atoms. The highest BCUT2D eigenvalue weighted by Crippen LogP contribution is 2.32. The second kappa shape index (κ2) is 4.27. The van der Waals surface area contributed by atoms with E-state index in [-0.39, 0.29) is 11.1 Å². The zero-order valence-electron chi connectivity index (χ0n) is 11.7. The van der Waals surface area contributed by atoms with Gasteiger partial charge in [0.15, 0.2) is 0 Å². The number of nitrogens with one attached hydrogen (secondary N) is 1. The van der Waals surface area contributed by atoms with Crippen LogP contribution in [0.2, 0.25) is 0 Å². The van der Waals surface area contributed by atoms with Crippen molar-refractivity contribution in [3.8, 4) is 0 Å². The van der Waals surface area contributed by atoms with Crippen LogP contribution in [0.25, 0.3) is 0 Å². The van der Waals surface area contributed by atoms with Crippen molar-refractivity contribution >= 4 is 5.91 Å². The summed E-state index contributed by atoms with van der Waals surface area (Å²) in [5, 5.41) is 3.68. The normalized spacial score (nSPS) is 29.4. The van der Waals surface area contributed by atoms with Crippen molar-refractivity contribution in [3.05, 3.63) is 0 Å². The first-order chi connectivity index (χ1) is 7.79. The molecule has 17 heavy (non-hydrogen) atoms. The van der Waals surface area contributed by atoms with Crippen LogP contribution in [0.4, 0.5) is 0 Å². The van der Waals surface area contributed by atoms with Crippen LogP contribution >= 0.6 is 0 Å². The zero-order chi connectivity index (χ0) is 12.7. The molecule has 2 aliphatic rings. The predicted octanol–water partition coefficient (Wildman–Crippen LogP) is 2.31. The molecule has 1 N–H and O–H groups in total. The number of rotatable bonds is 1. The average Bonchev–Trinajstić information content (AvgIpc) is 2.13. The monoisotopic (exact) mass is 238 g/mol. The second-order valence-corrected chi connectivity index (χ2v) is 7.00. The first-order valence-corrected chi connectivity index (χ1v) is 6.88. The molecule has 0 aromatic rings. The number of carbonyl (C=O) groups excluding carboxylic acids is 1. The van der Waals surface area contributed by atoms with Crippen molar-refractivity contribution in [1.29, 1.82) is 0 Å². The van der Waals surface area contributed by atoms with E-state index in [2.05, 4.69) is 37.9 Å². The van der Waals surface area contributed by atoms with Gasteiger partial charge in [-0.3, -0.25) is 4.79 Å². The van der Waals surface area contributed by atoms with Gasteiger partial charge in [0.05, 0.1) is 0 Å². The molecule has 2 aliphatic heterocycles. The molecule has 1 amide bonds. The summed E-state index contributed by atoms with van der Waals surface area (Å²) in [6.07, 6.45) is 5.15. The summed E-state index contributed by atoms with van der Waals surface area (Å²) >= 11 is 0. The van der Waals surface area contributed by atoms with E-state index in [9.17, 15) is 4.79 Å². The van der Waals surface area contributed by atoms with Gasteiger partial charge in [-0.1, -0.05) is 0 Å². The number of carbonyl (C=O) groups is 1. The van der Waals surface area contributed by atoms with E-state index in [4.69, 9.17) is 0 Å². The van der Waals surface area contributed by atoms with Crippen molar-refractivity contribution in [1.82, 2.24) is 10.2 Å². The van der Waals surface area contributed by atoms with Crippen LogP contribution in [0, 0.1) is 0 Å². The SMILES string of the molecule is CC1(C)CC(N2CCCCC2=O)CC(C)(C)N1. The summed E-state index contributed by atoms with van der Waals surface area (Å²) in [6.45, 7) is 9.95. The summed E-state index contributed by atoms with van der Waals surface area (Å²) in [5.74, 6) is 0.370. The Labute approximate surface area is 105 Å². The average molecular weight is 238 g/mol. The number of hydrogen-bond acceptors (Lipinski definition) is 2. The van der Waals surface area contributed by atoms with Crippen LogP contribution in [0.1, 0.15) is 59.8 Å². The smallest absolute Gasteiger partial charge is 0.222 e. The van der Waals surface area contributed by atoms with Crippen LogP contribution in [0.15, 0.2) is 0 Å². The molecule has 2 heterocycles. The van der Waals surface area contributed by atoms with Gasteiger partial charge < -0.3 is 10.2 Å². The van der Waals surface area contributed by atoms with E-state index >= 15 is 0 Å². The summed E-state index contributed by atoms with van der Waals surface area (Å²) in [7, 11) is 0. The third-order valence-electron chi connectivity index (χ3n) is 3.97. The molecule has 0 spiro atoms. The lowest BCUT2D eigenvalue weighted by atomic mass is 9.78. The van der Waals surface area contributed by atoms with Crippen LogP contribution < -0.4 is 5.32 Å². The molecule has 0 atom stereocenters. The molecule has 0 aromatic heterocycles.